The van der Waals surface area contributed by atoms with E-state index in [1.807, 2.05) is 72.0 Å². The maximum Gasteiger partial charge on any atom is 0.282 e. The molecule has 0 heterocycles. The lowest BCUT2D eigenvalue weighted by molar-refractivity contribution is -0.862. The van der Waals surface area contributed by atoms with E-state index in [0.717, 1.165) is 27.4 Å². The molecule has 1 atom stereocenters. The van der Waals surface area contributed by atoms with Gasteiger partial charge in [0.15, 0.2) is 13.1 Å². The van der Waals surface area contributed by atoms with Crippen LogP contribution in [-0.2, 0) is 9.59 Å². The first-order valence-electron chi connectivity index (χ1n) is 9.75. The fourth-order valence-corrected chi connectivity index (χ4v) is 3.56. The summed E-state index contributed by atoms with van der Waals surface area (Å²) in [6.07, 6.45) is 0. The van der Waals surface area contributed by atoms with Gasteiger partial charge in [0.1, 0.15) is 0 Å². The van der Waals surface area contributed by atoms with E-state index in [1.165, 1.54) is 5.56 Å². The molecule has 0 aromatic heterocycles. The van der Waals surface area contributed by atoms with E-state index in [0.29, 0.717) is 0 Å². The summed E-state index contributed by atoms with van der Waals surface area (Å²) in [5, 5.41) is 3.01. The number of amides is 2. The van der Waals surface area contributed by atoms with E-state index < -0.39 is 0 Å². The van der Waals surface area contributed by atoms with Gasteiger partial charge in [-0.3, -0.25) is 9.59 Å². The molecule has 0 aliphatic rings. The first-order chi connectivity index (χ1) is 13.2. The molecular weight excluding hydrogens is 350 g/mol. The average Bonchev–Trinajstić information content (AvgIpc) is 2.58. The van der Waals surface area contributed by atoms with Crippen molar-refractivity contribution in [3.63, 3.8) is 0 Å². The monoisotopic (exact) mass is 382 g/mol. The van der Waals surface area contributed by atoms with Crippen molar-refractivity contribution in [2.75, 3.05) is 30.4 Å². The summed E-state index contributed by atoms with van der Waals surface area (Å²) in [4.78, 5) is 28.0. The van der Waals surface area contributed by atoms with Crippen molar-refractivity contribution < 1.29 is 14.5 Å². The van der Waals surface area contributed by atoms with Crippen LogP contribution in [0.2, 0.25) is 0 Å². The minimum atomic E-state index is -0.0869. The second-order valence-electron chi connectivity index (χ2n) is 7.83. The van der Waals surface area contributed by atoms with Crippen LogP contribution in [0.5, 0.6) is 0 Å². The predicted octanol–water partition coefficient (Wildman–Crippen LogP) is 2.51. The first kappa shape index (κ1) is 21.6. The van der Waals surface area contributed by atoms with Crippen LogP contribution < -0.4 is 15.1 Å². The second-order valence-corrected chi connectivity index (χ2v) is 7.83. The smallest absolute Gasteiger partial charge is 0.282 e. The van der Waals surface area contributed by atoms with Crippen molar-refractivity contribution in [3.8, 4) is 0 Å². The SMILES string of the molecule is Cc1cc(C)c(NC(=O)C[NH+](C)CC(=O)N(c2ccccc2)C(C)C)c(C)c1. The standard InChI is InChI=1S/C23H31N3O2/c1-16(2)26(20-10-8-7-9-11-20)22(28)15-25(6)14-21(27)24-23-18(4)12-17(3)13-19(23)5/h7-13,16H,14-15H2,1-6H3,(H,24,27)/p+1. The largest absolute Gasteiger partial charge is 0.322 e. The highest BCUT2D eigenvalue weighted by atomic mass is 16.2. The molecule has 0 bridgehead atoms. The molecule has 2 aromatic carbocycles. The second kappa shape index (κ2) is 9.51. The number of hydrogen-bond donors (Lipinski definition) is 2. The molecule has 2 N–H and O–H groups in total. The maximum atomic E-state index is 12.9. The summed E-state index contributed by atoms with van der Waals surface area (Å²) < 4.78 is 0. The number of rotatable bonds is 7. The number of nitrogens with one attached hydrogen (secondary N) is 2. The number of hydrogen-bond acceptors (Lipinski definition) is 2. The number of para-hydroxylation sites is 1. The van der Waals surface area contributed by atoms with E-state index >= 15 is 0 Å². The molecule has 0 radical (unpaired) electrons. The number of aryl methyl sites for hydroxylation is 3. The molecule has 0 fully saturated rings. The fraction of sp³-hybridized carbons (Fsp3) is 0.391. The minimum Gasteiger partial charge on any atom is -0.322 e. The third-order valence-corrected chi connectivity index (χ3v) is 4.68. The molecule has 5 heteroatoms. The highest BCUT2D eigenvalue weighted by molar-refractivity contribution is 5.95. The van der Waals surface area contributed by atoms with E-state index in [9.17, 15) is 9.59 Å². The van der Waals surface area contributed by atoms with Crippen LogP contribution in [0, 0.1) is 20.8 Å². The van der Waals surface area contributed by atoms with Crippen molar-refractivity contribution >= 4 is 23.2 Å². The van der Waals surface area contributed by atoms with Gasteiger partial charge in [-0.05, 0) is 57.9 Å². The molecule has 1 unspecified atom stereocenters. The molecule has 0 saturated carbocycles. The number of likely N-dealkylation sites (N-methyl/N-ethyl adjacent to an activating group) is 1. The van der Waals surface area contributed by atoms with Crippen LogP contribution >= 0.6 is 0 Å². The van der Waals surface area contributed by atoms with Crippen LogP contribution in [0.25, 0.3) is 0 Å². The van der Waals surface area contributed by atoms with E-state index in [2.05, 4.69) is 17.4 Å². The number of quaternary nitrogens is 1. The molecule has 2 aromatic rings. The van der Waals surface area contributed by atoms with Gasteiger partial charge in [-0.15, -0.1) is 0 Å². The Labute approximate surface area is 168 Å². The van der Waals surface area contributed by atoms with Gasteiger partial charge in [-0.2, -0.15) is 0 Å². The third-order valence-electron chi connectivity index (χ3n) is 4.68. The third kappa shape index (κ3) is 5.67. The van der Waals surface area contributed by atoms with Gasteiger partial charge in [0.2, 0.25) is 0 Å². The van der Waals surface area contributed by atoms with Crippen molar-refractivity contribution in [1.29, 1.82) is 0 Å². The van der Waals surface area contributed by atoms with Gasteiger partial charge in [-0.25, -0.2) is 0 Å². The number of carbonyl (C=O) groups excluding carboxylic acids is 2. The van der Waals surface area contributed by atoms with Crippen LogP contribution in [0.1, 0.15) is 30.5 Å². The average molecular weight is 383 g/mol. The Balaban J connectivity index is 2.00. The summed E-state index contributed by atoms with van der Waals surface area (Å²) in [6.45, 7) is 10.5. The highest BCUT2D eigenvalue weighted by Gasteiger charge is 2.23. The summed E-state index contributed by atoms with van der Waals surface area (Å²) in [6, 6.07) is 13.8. The Morgan fingerprint density at radius 2 is 1.57 bits per heavy atom. The zero-order valence-corrected chi connectivity index (χ0v) is 17.8. The van der Waals surface area contributed by atoms with Gasteiger partial charge < -0.3 is 15.1 Å². The van der Waals surface area contributed by atoms with Crippen molar-refractivity contribution in [3.05, 3.63) is 59.2 Å². The number of benzene rings is 2. The maximum absolute atomic E-state index is 12.9. The van der Waals surface area contributed by atoms with Gasteiger partial charge in [-0.1, -0.05) is 35.9 Å². The quantitative estimate of drug-likeness (QED) is 0.773. The van der Waals surface area contributed by atoms with Crippen LogP contribution in [0.4, 0.5) is 11.4 Å². The lowest BCUT2D eigenvalue weighted by atomic mass is 10.1. The summed E-state index contributed by atoms with van der Waals surface area (Å²) in [5.74, 6) is -0.0784. The molecule has 28 heavy (non-hydrogen) atoms. The van der Waals surface area contributed by atoms with Crippen molar-refractivity contribution in [2.24, 2.45) is 0 Å². The van der Waals surface area contributed by atoms with Crippen molar-refractivity contribution in [1.82, 2.24) is 0 Å². The van der Waals surface area contributed by atoms with E-state index in [4.69, 9.17) is 0 Å². The van der Waals surface area contributed by atoms with Crippen molar-refractivity contribution in [2.45, 2.75) is 40.7 Å². The zero-order chi connectivity index (χ0) is 20.8. The lowest BCUT2D eigenvalue weighted by Gasteiger charge is -2.27. The number of anilines is 2. The Kier molecular flexibility index (Phi) is 7.35. The topological polar surface area (TPSA) is 53.9 Å². The Hall–Kier alpha value is -2.66. The van der Waals surface area contributed by atoms with Crippen LogP contribution in [-0.4, -0.2) is 38.0 Å². The molecule has 5 nitrogen and oxygen atoms in total. The van der Waals surface area contributed by atoms with Gasteiger partial charge >= 0.3 is 0 Å². The van der Waals surface area contributed by atoms with Crippen LogP contribution in [0.3, 0.4) is 0 Å². The Bertz CT molecular complexity index is 808. The number of nitrogens with zero attached hydrogens (tertiary/aromatic N) is 1. The molecule has 0 saturated heterocycles. The molecule has 2 rings (SSSR count). The van der Waals surface area contributed by atoms with Gasteiger partial charge in [0.25, 0.3) is 11.8 Å². The molecule has 0 aliphatic heterocycles. The normalized spacial score (nSPS) is 12.0. The molecule has 2 amide bonds. The minimum absolute atomic E-state index is 0.00852. The summed E-state index contributed by atoms with van der Waals surface area (Å²) in [7, 11) is 1.87. The molecular formula is C23H32N3O2+. The Morgan fingerprint density at radius 3 is 2.11 bits per heavy atom. The lowest BCUT2D eigenvalue weighted by Crippen LogP contribution is -3.11. The summed E-state index contributed by atoms with van der Waals surface area (Å²) >= 11 is 0. The predicted molar refractivity (Wildman–Crippen MR) is 115 cm³/mol. The Morgan fingerprint density at radius 1 is 1.00 bits per heavy atom. The molecule has 0 aliphatic carbocycles. The molecule has 150 valence electrons. The van der Waals surface area contributed by atoms with Gasteiger partial charge in [0.05, 0.1) is 7.05 Å². The number of carbonyl (C=O) groups is 2. The highest BCUT2D eigenvalue weighted by Crippen LogP contribution is 2.21. The molecule has 0 spiro atoms. The van der Waals surface area contributed by atoms with E-state index in [-0.39, 0.29) is 30.9 Å². The van der Waals surface area contributed by atoms with E-state index in [1.54, 1.807) is 4.90 Å². The van der Waals surface area contributed by atoms with Crippen LogP contribution in [0.15, 0.2) is 42.5 Å². The van der Waals surface area contributed by atoms with Gasteiger partial charge in [0, 0.05) is 17.4 Å². The first-order valence-corrected chi connectivity index (χ1v) is 9.75. The zero-order valence-electron chi connectivity index (χ0n) is 17.8. The summed E-state index contributed by atoms with van der Waals surface area (Å²) in [5.41, 5.74) is 5.02. The fourth-order valence-electron chi connectivity index (χ4n) is 3.56.